The van der Waals surface area contributed by atoms with Crippen molar-refractivity contribution in [2.24, 2.45) is 0 Å². The average Bonchev–Trinajstić information content (AvgIpc) is 3.10. The Bertz CT molecular complexity index is 912. The molecule has 1 amide bonds. The molecule has 1 aliphatic carbocycles. The fourth-order valence-electron chi connectivity index (χ4n) is 3.65. The van der Waals surface area contributed by atoms with Gasteiger partial charge >= 0.3 is 0 Å². The monoisotopic (exact) mass is 410 g/mol. The molecule has 2 aliphatic rings. The molecule has 4 rings (SSSR count). The number of nitrogens with zero attached hydrogens (tertiary/aromatic N) is 1. The second-order valence-electron chi connectivity index (χ2n) is 7.89. The fraction of sp³-hybridized carbons (Fsp3) is 0.417. The van der Waals surface area contributed by atoms with Gasteiger partial charge in [-0.15, -0.1) is 0 Å². The molecule has 0 aromatic heterocycles. The number of rotatable bonds is 3. The summed E-state index contributed by atoms with van der Waals surface area (Å²) < 4.78 is 5.84. The van der Waals surface area contributed by atoms with E-state index in [4.69, 9.17) is 21.6 Å². The number of nitriles is 1. The Hall–Kier alpha value is -2.51. The summed E-state index contributed by atoms with van der Waals surface area (Å²) in [6.07, 6.45) is 6.37. The van der Waals surface area contributed by atoms with Gasteiger partial charge in [0.25, 0.3) is 5.91 Å². The Kier molecular flexibility index (Phi) is 7.17. The molecule has 1 saturated carbocycles. The molecule has 0 unspecified atom stereocenters. The highest BCUT2D eigenvalue weighted by Gasteiger charge is 2.18. The van der Waals surface area contributed by atoms with E-state index in [1.165, 1.54) is 24.8 Å². The van der Waals surface area contributed by atoms with Crippen molar-refractivity contribution in [1.82, 2.24) is 5.32 Å². The van der Waals surface area contributed by atoms with Gasteiger partial charge in [0.05, 0.1) is 16.7 Å². The molecule has 152 valence electrons. The summed E-state index contributed by atoms with van der Waals surface area (Å²) in [5, 5.41) is 12.0. The van der Waals surface area contributed by atoms with Crippen LogP contribution in [0.1, 0.15) is 78.9 Å². The third-order valence-electron chi connectivity index (χ3n) is 5.40. The van der Waals surface area contributed by atoms with Crippen molar-refractivity contribution < 1.29 is 9.53 Å². The zero-order valence-corrected chi connectivity index (χ0v) is 17.8. The molecule has 2 aromatic carbocycles. The van der Waals surface area contributed by atoms with Crippen molar-refractivity contribution in [3.63, 3.8) is 0 Å². The van der Waals surface area contributed by atoms with Crippen molar-refractivity contribution in [3.05, 3.63) is 63.7 Å². The van der Waals surface area contributed by atoms with Crippen LogP contribution in [0, 0.1) is 11.3 Å². The molecule has 29 heavy (non-hydrogen) atoms. The highest BCUT2D eigenvalue weighted by atomic mass is 35.5. The normalized spacial score (nSPS) is 15.8. The van der Waals surface area contributed by atoms with Crippen molar-refractivity contribution in [2.75, 3.05) is 0 Å². The van der Waals surface area contributed by atoms with Gasteiger partial charge in [0.2, 0.25) is 0 Å². The number of halogens is 1. The predicted molar refractivity (Wildman–Crippen MR) is 115 cm³/mol. The van der Waals surface area contributed by atoms with Crippen LogP contribution < -0.4 is 10.1 Å². The molecule has 1 fully saturated rings. The summed E-state index contributed by atoms with van der Waals surface area (Å²) in [5.74, 6) is 1.36. The number of nitrogens with one attached hydrogen (secondary N) is 1. The SMILES string of the molecule is CC(C)c1ccc2c(c1)CNC2=O.N#Cc1ccc(OC2CCCCC2)cc1Cl. The van der Waals surface area contributed by atoms with Gasteiger partial charge in [-0.2, -0.15) is 5.26 Å². The lowest BCUT2D eigenvalue weighted by Gasteiger charge is -2.23. The largest absolute Gasteiger partial charge is 0.490 e. The van der Waals surface area contributed by atoms with Crippen molar-refractivity contribution in [2.45, 2.75) is 64.5 Å². The van der Waals surface area contributed by atoms with E-state index in [1.807, 2.05) is 24.3 Å². The number of fused-ring (bicyclic) bond motifs is 1. The Balaban J connectivity index is 0.000000169. The van der Waals surface area contributed by atoms with Crippen LogP contribution in [0.3, 0.4) is 0 Å². The Morgan fingerprint density at radius 2 is 1.90 bits per heavy atom. The van der Waals surface area contributed by atoms with Gasteiger partial charge in [-0.3, -0.25) is 4.79 Å². The van der Waals surface area contributed by atoms with Gasteiger partial charge < -0.3 is 10.1 Å². The number of amides is 1. The van der Waals surface area contributed by atoms with E-state index in [9.17, 15) is 4.79 Å². The summed E-state index contributed by atoms with van der Waals surface area (Å²) >= 11 is 5.94. The number of hydrogen-bond donors (Lipinski definition) is 1. The van der Waals surface area contributed by atoms with Crippen LogP contribution in [0.2, 0.25) is 5.02 Å². The molecule has 1 heterocycles. The lowest BCUT2D eigenvalue weighted by molar-refractivity contribution is 0.0965. The number of carbonyl (C=O) groups excluding carboxylic acids is 1. The second kappa shape index (κ2) is 9.80. The first-order chi connectivity index (χ1) is 14.0. The topological polar surface area (TPSA) is 62.1 Å². The van der Waals surface area contributed by atoms with E-state index in [1.54, 1.807) is 12.1 Å². The van der Waals surface area contributed by atoms with Crippen LogP contribution in [0.5, 0.6) is 5.75 Å². The molecule has 0 radical (unpaired) electrons. The maximum absolute atomic E-state index is 11.2. The van der Waals surface area contributed by atoms with E-state index >= 15 is 0 Å². The van der Waals surface area contributed by atoms with Gasteiger partial charge in [-0.1, -0.05) is 44.0 Å². The summed E-state index contributed by atoms with van der Waals surface area (Å²) in [6.45, 7) is 5.01. The predicted octanol–water partition coefficient (Wildman–Crippen LogP) is 5.98. The van der Waals surface area contributed by atoms with Crippen LogP contribution in [0.25, 0.3) is 0 Å². The lowest BCUT2D eigenvalue weighted by atomic mass is 9.98. The number of hydrogen-bond acceptors (Lipinski definition) is 3. The minimum atomic E-state index is 0.0605. The van der Waals surface area contributed by atoms with E-state index < -0.39 is 0 Å². The minimum Gasteiger partial charge on any atom is -0.490 e. The molecule has 4 nitrogen and oxygen atoms in total. The summed E-state index contributed by atoms with van der Waals surface area (Å²) in [5.41, 5.74) is 3.77. The third kappa shape index (κ3) is 5.52. The molecule has 1 N–H and O–H groups in total. The third-order valence-corrected chi connectivity index (χ3v) is 5.71. The van der Waals surface area contributed by atoms with Crippen LogP contribution in [0.15, 0.2) is 36.4 Å². The van der Waals surface area contributed by atoms with E-state index in [0.717, 1.165) is 29.7 Å². The molecule has 2 aromatic rings. The zero-order valence-electron chi connectivity index (χ0n) is 17.0. The highest BCUT2D eigenvalue weighted by Crippen LogP contribution is 2.27. The van der Waals surface area contributed by atoms with Crippen LogP contribution in [-0.2, 0) is 6.54 Å². The summed E-state index contributed by atoms with van der Waals surface area (Å²) in [6, 6.07) is 13.4. The number of ether oxygens (including phenoxy) is 1. The molecule has 1 aliphatic heterocycles. The van der Waals surface area contributed by atoms with Gasteiger partial charge in [-0.05, 0) is 60.9 Å². The standard InChI is InChI=1S/C13H14ClNO.C11H13NO/c14-13-8-12(7-6-10(13)9-15)16-11-4-2-1-3-5-11;1-7(2)8-3-4-10-9(5-8)6-12-11(10)13/h6-8,11H,1-5H2;3-5,7H,6H2,1-2H3,(H,12,13). The molecule has 5 heteroatoms. The first-order valence-corrected chi connectivity index (χ1v) is 10.6. The molecule has 0 bridgehead atoms. The molecule has 0 saturated heterocycles. The van der Waals surface area contributed by atoms with Crippen molar-refractivity contribution >= 4 is 17.5 Å². The fourth-order valence-corrected chi connectivity index (χ4v) is 3.86. The van der Waals surface area contributed by atoms with Gasteiger partial charge in [-0.25, -0.2) is 0 Å². The number of benzene rings is 2. The maximum atomic E-state index is 11.2. The minimum absolute atomic E-state index is 0.0605. The maximum Gasteiger partial charge on any atom is 0.251 e. The molecule has 0 spiro atoms. The zero-order chi connectivity index (χ0) is 20.8. The van der Waals surface area contributed by atoms with Gasteiger partial charge in [0, 0.05) is 18.2 Å². The lowest BCUT2D eigenvalue weighted by Crippen LogP contribution is -2.19. The average molecular weight is 411 g/mol. The van der Waals surface area contributed by atoms with Crippen LogP contribution in [0.4, 0.5) is 0 Å². The first kappa shape index (κ1) is 21.2. The highest BCUT2D eigenvalue weighted by molar-refractivity contribution is 6.31. The second-order valence-corrected chi connectivity index (χ2v) is 8.29. The molecule has 0 atom stereocenters. The van der Waals surface area contributed by atoms with E-state index in [2.05, 4.69) is 25.2 Å². The van der Waals surface area contributed by atoms with Crippen molar-refractivity contribution in [1.29, 1.82) is 5.26 Å². The molecular weight excluding hydrogens is 384 g/mol. The quantitative estimate of drug-likeness (QED) is 0.677. The Labute approximate surface area is 177 Å². The van der Waals surface area contributed by atoms with Gasteiger partial charge in [0.15, 0.2) is 0 Å². The van der Waals surface area contributed by atoms with Crippen LogP contribution >= 0.6 is 11.6 Å². The van der Waals surface area contributed by atoms with Crippen LogP contribution in [-0.4, -0.2) is 12.0 Å². The van der Waals surface area contributed by atoms with E-state index in [0.29, 0.717) is 29.2 Å². The summed E-state index contributed by atoms with van der Waals surface area (Å²) in [4.78, 5) is 11.2. The Morgan fingerprint density at radius 3 is 2.55 bits per heavy atom. The van der Waals surface area contributed by atoms with E-state index in [-0.39, 0.29) is 5.91 Å². The van der Waals surface area contributed by atoms with Gasteiger partial charge in [0.1, 0.15) is 11.8 Å². The molecular formula is C24H27ClN2O2. The first-order valence-electron chi connectivity index (χ1n) is 10.2. The Morgan fingerprint density at radius 1 is 1.14 bits per heavy atom. The smallest absolute Gasteiger partial charge is 0.251 e. The number of carbonyl (C=O) groups is 1. The summed E-state index contributed by atoms with van der Waals surface area (Å²) in [7, 11) is 0. The van der Waals surface area contributed by atoms with Crippen molar-refractivity contribution in [3.8, 4) is 11.8 Å².